The molecule has 2 rings (SSSR count). The second-order valence-electron chi connectivity index (χ2n) is 4.70. The van der Waals surface area contributed by atoms with Crippen molar-refractivity contribution in [2.75, 3.05) is 5.32 Å². The third kappa shape index (κ3) is 3.82. The second-order valence-corrected chi connectivity index (χ2v) is 5.08. The van der Waals surface area contributed by atoms with Crippen molar-refractivity contribution in [1.82, 2.24) is 9.78 Å². The summed E-state index contributed by atoms with van der Waals surface area (Å²) >= 11 is 6.05. The summed E-state index contributed by atoms with van der Waals surface area (Å²) in [7, 11) is 0. The molecule has 21 heavy (non-hydrogen) atoms. The normalized spacial score (nSPS) is 10.6. The Morgan fingerprint density at radius 3 is 2.86 bits per heavy atom. The molecule has 0 spiro atoms. The van der Waals surface area contributed by atoms with Gasteiger partial charge >= 0.3 is 0 Å². The molecule has 4 nitrogen and oxygen atoms in total. The van der Waals surface area contributed by atoms with Crippen LogP contribution >= 0.6 is 11.6 Å². The Bertz CT molecular complexity index is 672. The molecule has 1 heterocycles. The number of anilines is 1. The van der Waals surface area contributed by atoms with Gasteiger partial charge in [-0.25, -0.2) is 9.07 Å². The highest BCUT2D eigenvalue weighted by Gasteiger charge is 2.09. The number of halogens is 2. The smallest absolute Gasteiger partial charge is 0.287 e. The lowest BCUT2D eigenvalue weighted by molar-refractivity contribution is 0.543. The quantitative estimate of drug-likeness (QED) is 0.889. The summed E-state index contributed by atoms with van der Waals surface area (Å²) in [5.41, 5.74) is 0.588. The van der Waals surface area contributed by atoms with E-state index in [0.717, 1.165) is 12.8 Å². The van der Waals surface area contributed by atoms with Crippen LogP contribution in [0.1, 0.15) is 25.3 Å². The van der Waals surface area contributed by atoms with Gasteiger partial charge in [-0.2, -0.15) is 5.10 Å². The molecule has 0 amide bonds. The molecule has 112 valence electrons. The predicted octanol–water partition coefficient (Wildman–Crippen LogP) is 3.45. The molecule has 0 aliphatic heterocycles. The van der Waals surface area contributed by atoms with Crippen molar-refractivity contribution in [1.29, 1.82) is 0 Å². The van der Waals surface area contributed by atoms with Crippen LogP contribution in [0.4, 0.5) is 10.1 Å². The zero-order valence-electron chi connectivity index (χ0n) is 11.8. The zero-order valence-corrected chi connectivity index (χ0v) is 12.5. The first-order valence-electron chi connectivity index (χ1n) is 6.86. The van der Waals surface area contributed by atoms with Gasteiger partial charge in [0.05, 0.1) is 11.9 Å². The minimum Gasteiger partial charge on any atom is -0.378 e. The van der Waals surface area contributed by atoms with E-state index >= 15 is 0 Å². The van der Waals surface area contributed by atoms with Crippen LogP contribution in [-0.4, -0.2) is 9.78 Å². The van der Waals surface area contributed by atoms with Crippen LogP contribution in [0, 0.1) is 5.82 Å². The Hall–Kier alpha value is -1.88. The van der Waals surface area contributed by atoms with Gasteiger partial charge in [-0.05, 0) is 12.5 Å². The number of nitrogens with one attached hydrogen (secondary N) is 1. The molecule has 0 fully saturated rings. The van der Waals surface area contributed by atoms with E-state index in [-0.39, 0.29) is 22.9 Å². The summed E-state index contributed by atoms with van der Waals surface area (Å²) in [5.74, 6) is -0.301. The first-order valence-corrected chi connectivity index (χ1v) is 7.24. The van der Waals surface area contributed by atoms with Crippen molar-refractivity contribution in [3.8, 4) is 0 Å². The van der Waals surface area contributed by atoms with Crippen LogP contribution < -0.4 is 10.9 Å². The lowest BCUT2D eigenvalue weighted by Gasteiger charge is -2.10. The fourth-order valence-electron chi connectivity index (χ4n) is 1.89. The van der Waals surface area contributed by atoms with E-state index in [0.29, 0.717) is 17.8 Å². The van der Waals surface area contributed by atoms with Crippen molar-refractivity contribution in [3.05, 3.63) is 57.2 Å². The third-order valence-electron chi connectivity index (χ3n) is 3.14. The number of hydrogen-bond donors (Lipinski definition) is 1. The van der Waals surface area contributed by atoms with Gasteiger partial charge in [0, 0.05) is 18.7 Å². The Balaban J connectivity index is 2.13. The second kappa shape index (κ2) is 7.22. The number of aryl methyl sites for hydroxylation is 1. The number of hydrogen-bond acceptors (Lipinski definition) is 3. The van der Waals surface area contributed by atoms with Gasteiger partial charge in [0.2, 0.25) is 0 Å². The molecular weight excluding hydrogens is 293 g/mol. The summed E-state index contributed by atoms with van der Waals surface area (Å²) in [5, 5.41) is 7.10. The van der Waals surface area contributed by atoms with Crippen LogP contribution in [0.2, 0.25) is 5.02 Å². The minimum absolute atomic E-state index is 0.0810. The van der Waals surface area contributed by atoms with E-state index in [2.05, 4.69) is 10.4 Å². The number of rotatable bonds is 6. The van der Waals surface area contributed by atoms with E-state index in [1.54, 1.807) is 18.2 Å². The monoisotopic (exact) mass is 309 g/mol. The molecule has 0 atom stereocenters. The maximum absolute atomic E-state index is 13.5. The van der Waals surface area contributed by atoms with E-state index in [1.165, 1.54) is 16.9 Å². The number of benzene rings is 1. The zero-order chi connectivity index (χ0) is 15.2. The molecule has 0 aliphatic carbocycles. The lowest BCUT2D eigenvalue weighted by Crippen LogP contribution is -2.24. The fraction of sp³-hybridized carbons (Fsp3) is 0.333. The average Bonchev–Trinajstić information content (AvgIpc) is 2.49. The molecule has 1 aromatic carbocycles. The molecule has 0 bridgehead atoms. The van der Waals surface area contributed by atoms with Gasteiger partial charge in [-0.1, -0.05) is 43.1 Å². The molecule has 6 heteroatoms. The van der Waals surface area contributed by atoms with Gasteiger partial charge in [0.15, 0.2) is 0 Å². The maximum atomic E-state index is 13.5. The number of aromatic nitrogens is 2. The van der Waals surface area contributed by atoms with Crippen molar-refractivity contribution in [2.24, 2.45) is 0 Å². The van der Waals surface area contributed by atoms with E-state index in [9.17, 15) is 9.18 Å². The van der Waals surface area contributed by atoms with Crippen LogP contribution in [0.3, 0.4) is 0 Å². The number of unbranched alkanes of at least 4 members (excludes halogenated alkanes) is 1. The molecule has 0 aliphatic rings. The summed E-state index contributed by atoms with van der Waals surface area (Å²) in [4.78, 5) is 12.0. The highest BCUT2D eigenvalue weighted by atomic mass is 35.5. The van der Waals surface area contributed by atoms with Crippen LogP contribution in [0.15, 0.2) is 35.3 Å². The van der Waals surface area contributed by atoms with Gasteiger partial charge in [0.25, 0.3) is 5.56 Å². The van der Waals surface area contributed by atoms with Gasteiger partial charge < -0.3 is 5.32 Å². The molecule has 1 N–H and O–H groups in total. The SMILES string of the molecule is CCCCn1ncc(NCc2ccccc2F)c(Cl)c1=O. The summed E-state index contributed by atoms with van der Waals surface area (Å²) in [6, 6.07) is 6.44. The van der Waals surface area contributed by atoms with E-state index in [4.69, 9.17) is 11.6 Å². The molecule has 0 saturated carbocycles. The Morgan fingerprint density at radius 2 is 2.14 bits per heavy atom. The average molecular weight is 310 g/mol. The van der Waals surface area contributed by atoms with Gasteiger partial charge in [-0.3, -0.25) is 4.79 Å². The van der Waals surface area contributed by atoms with Crippen LogP contribution in [0.25, 0.3) is 0 Å². The van der Waals surface area contributed by atoms with E-state index in [1.807, 2.05) is 6.92 Å². The minimum atomic E-state index is -0.330. The molecule has 0 unspecified atom stereocenters. The van der Waals surface area contributed by atoms with Crippen molar-refractivity contribution >= 4 is 17.3 Å². The summed E-state index contributed by atoms with van der Waals surface area (Å²) < 4.78 is 14.9. The van der Waals surface area contributed by atoms with Gasteiger partial charge in [-0.15, -0.1) is 0 Å². The van der Waals surface area contributed by atoms with Gasteiger partial charge in [0.1, 0.15) is 10.8 Å². The first kappa shape index (κ1) is 15.5. The molecular formula is C15H17ClFN3O. The summed E-state index contributed by atoms with van der Waals surface area (Å²) in [6.45, 7) is 2.83. The Labute approximate surface area is 127 Å². The Morgan fingerprint density at radius 1 is 1.38 bits per heavy atom. The highest BCUT2D eigenvalue weighted by molar-refractivity contribution is 6.32. The van der Waals surface area contributed by atoms with Crippen molar-refractivity contribution in [2.45, 2.75) is 32.9 Å². The van der Waals surface area contributed by atoms with Crippen molar-refractivity contribution in [3.63, 3.8) is 0 Å². The summed E-state index contributed by atoms with van der Waals surface area (Å²) in [6.07, 6.45) is 3.34. The highest BCUT2D eigenvalue weighted by Crippen LogP contribution is 2.17. The molecule has 1 aromatic heterocycles. The topological polar surface area (TPSA) is 46.9 Å². The lowest BCUT2D eigenvalue weighted by atomic mass is 10.2. The van der Waals surface area contributed by atoms with Crippen LogP contribution in [-0.2, 0) is 13.1 Å². The third-order valence-corrected chi connectivity index (χ3v) is 3.50. The van der Waals surface area contributed by atoms with E-state index < -0.39 is 0 Å². The number of nitrogens with zero attached hydrogens (tertiary/aromatic N) is 2. The maximum Gasteiger partial charge on any atom is 0.287 e. The molecule has 2 aromatic rings. The fourth-order valence-corrected chi connectivity index (χ4v) is 2.10. The first-order chi connectivity index (χ1) is 10.1. The molecule has 0 radical (unpaired) electrons. The van der Waals surface area contributed by atoms with Crippen LogP contribution in [0.5, 0.6) is 0 Å². The van der Waals surface area contributed by atoms with Crippen molar-refractivity contribution < 1.29 is 4.39 Å². The largest absolute Gasteiger partial charge is 0.378 e. The predicted molar refractivity (Wildman–Crippen MR) is 82.1 cm³/mol. The standard InChI is InChI=1S/C15H17ClFN3O/c1-2-3-8-20-15(21)14(16)13(10-19-20)18-9-11-6-4-5-7-12(11)17/h4-7,10,18H,2-3,8-9H2,1H3. The molecule has 0 saturated heterocycles. The Kier molecular flexibility index (Phi) is 5.33.